The lowest BCUT2D eigenvalue weighted by Crippen LogP contribution is -2.12. The van der Waals surface area contributed by atoms with Crippen molar-refractivity contribution >= 4 is 0 Å². The average Bonchev–Trinajstić information content (AvgIpc) is 2.35. The minimum atomic E-state index is -0.153. The summed E-state index contributed by atoms with van der Waals surface area (Å²) in [5, 5.41) is 21.1. The highest BCUT2D eigenvalue weighted by atomic mass is 16.3. The molecule has 0 fully saturated rings. The third kappa shape index (κ3) is 2.90. The Balaban J connectivity index is 2.80. The lowest BCUT2D eigenvalue weighted by molar-refractivity contribution is 0.446. The van der Waals surface area contributed by atoms with E-state index in [1.54, 1.807) is 0 Å². The second-order valence-electron chi connectivity index (χ2n) is 6.94. The Morgan fingerprint density at radius 1 is 0.714 bits per heavy atom. The van der Waals surface area contributed by atoms with Crippen LogP contribution in [-0.4, -0.2) is 10.2 Å². The molecule has 0 heterocycles. The van der Waals surface area contributed by atoms with Gasteiger partial charge in [-0.05, 0) is 55.0 Å². The molecule has 0 bridgehead atoms. The summed E-state index contributed by atoms with van der Waals surface area (Å²) < 4.78 is 0. The average molecular weight is 284 g/mol. The number of phenolic OH excluding ortho intramolecular Hbond substituents is 2. The molecule has 0 atom stereocenters. The van der Waals surface area contributed by atoms with Crippen LogP contribution in [0.15, 0.2) is 24.3 Å². The second-order valence-corrected chi connectivity index (χ2v) is 6.94. The first-order valence-corrected chi connectivity index (χ1v) is 7.26. The minimum absolute atomic E-state index is 0.153. The van der Waals surface area contributed by atoms with Crippen molar-refractivity contribution in [3.63, 3.8) is 0 Å². The van der Waals surface area contributed by atoms with Gasteiger partial charge in [0.05, 0.1) is 0 Å². The van der Waals surface area contributed by atoms with E-state index in [1.165, 1.54) is 0 Å². The zero-order chi connectivity index (χ0) is 15.9. The van der Waals surface area contributed by atoms with Crippen LogP contribution >= 0.6 is 0 Å². The molecule has 0 spiro atoms. The zero-order valence-electron chi connectivity index (χ0n) is 13.7. The third-order valence-corrected chi connectivity index (χ3v) is 3.80. The summed E-state index contributed by atoms with van der Waals surface area (Å²) in [6.45, 7) is 12.1. The summed E-state index contributed by atoms with van der Waals surface area (Å²) in [6, 6.07) is 7.80. The van der Waals surface area contributed by atoms with Crippen molar-refractivity contribution in [3.05, 3.63) is 46.5 Å². The van der Waals surface area contributed by atoms with Crippen molar-refractivity contribution < 1.29 is 10.2 Å². The van der Waals surface area contributed by atoms with E-state index in [4.69, 9.17) is 0 Å². The van der Waals surface area contributed by atoms with Crippen molar-refractivity contribution in [3.8, 4) is 22.6 Å². The molecule has 0 radical (unpaired) electrons. The molecule has 2 heteroatoms. The van der Waals surface area contributed by atoms with Gasteiger partial charge in [0.15, 0.2) is 0 Å². The van der Waals surface area contributed by atoms with Crippen molar-refractivity contribution in [2.24, 2.45) is 0 Å². The smallest absolute Gasteiger partial charge is 0.127 e. The fourth-order valence-electron chi connectivity index (χ4n) is 2.72. The molecule has 0 unspecified atom stereocenters. The molecule has 0 amide bonds. The molecular formula is C19H24O2. The van der Waals surface area contributed by atoms with Crippen LogP contribution < -0.4 is 0 Å². The molecule has 0 aliphatic heterocycles. The number of hydrogen-bond acceptors (Lipinski definition) is 2. The summed E-state index contributed by atoms with van der Waals surface area (Å²) >= 11 is 0. The lowest BCUT2D eigenvalue weighted by atomic mass is 9.83. The first-order valence-electron chi connectivity index (χ1n) is 7.26. The molecule has 0 saturated heterocycles. The minimum Gasteiger partial charge on any atom is -0.507 e. The molecule has 2 nitrogen and oxygen atoms in total. The molecule has 21 heavy (non-hydrogen) atoms. The van der Waals surface area contributed by atoms with Crippen molar-refractivity contribution in [1.29, 1.82) is 0 Å². The Labute approximate surface area is 127 Å². The Morgan fingerprint density at radius 2 is 1.19 bits per heavy atom. The largest absolute Gasteiger partial charge is 0.507 e. The highest BCUT2D eigenvalue weighted by Gasteiger charge is 2.22. The van der Waals surface area contributed by atoms with Crippen molar-refractivity contribution in [2.75, 3.05) is 0 Å². The van der Waals surface area contributed by atoms with Crippen LogP contribution in [0.25, 0.3) is 11.1 Å². The van der Waals surface area contributed by atoms with Crippen LogP contribution in [0, 0.1) is 20.8 Å². The maximum Gasteiger partial charge on any atom is 0.127 e. The molecule has 2 rings (SSSR count). The van der Waals surface area contributed by atoms with Gasteiger partial charge in [0.25, 0.3) is 0 Å². The van der Waals surface area contributed by atoms with Crippen LogP contribution in [0.4, 0.5) is 0 Å². The van der Waals surface area contributed by atoms with E-state index < -0.39 is 0 Å². The fourth-order valence-corrected chi connectivity index (χ4v) is 2.72. The highest BCUT2D eigenvalue weighted by molar-refractivity contribution is 5.79. The molecule has 0 aromatic heterocycles. The van der Waals surface area contributed by atoms with Gasteiger partial charge in [-0.15, -0.1) is 0 Å². The Bertz CT molecular complexity index is 692. The van der Waals surface area contributed by atoms with Gasteiger partial charge in [-0.1, -0.05) is 32.9 Å². The number of rotatable bonds is 1. The van der Waals surface area contributed by atoms with Gasteiger partial charge in [-0.25, -0.2) is 0 Å². The maximum atomic E-state index is 10.7. The molecule has 0 saturated carbocycles. The summed E-state index contributed by atoms with van der Waals surface area (Å²) in [5.41, 5.74) is 5.10. The van der Waals surface area contributed by atoms with Crippen LogP contribution in [0.3, 0.4) is 0 Å². The molecule has 2 aromatic rings. The second kappa shape index (κ2) is 5.10. The van der Waals surface area contributed by atoms with Gasteiger partial charge in [0.2, 0.25) is 0 Å². The van der Waals surface area contributed by atoms with Crippen LogP contribution in [0.5, 0.6) is 11.5 Å². The van der Waals surface area contributed by atoms with E-state index in [-0.39, 0.29) is 16.9 Å². The van der Waals surface area contributed by atoms with Crippen molar-refractivity contribution in [2.45, 2.75) is 47.0 Å². The molecule has 0 aliphatic carbocycles. The number of phenols is 2. The van der Waals surface area contributed by atoms with Gasteiger partial charge < -0.3 is 10.2 Å². The van der Waals surface area contributed by atoms with Crippen LogP contribution in [0.2, 0.25) is 0 Å². The predicted molar refractivity (Wildman–Crippen MR) is 88.1 cm³/mol. The van der Waals surface area contributed by atoms with Gasteiger partial charge in [-0.2, -0.15) is 0 Å². The molecule has 0 aliphatic rings. The molecule has 2 N–H and O–H groups in total. The lowest BCUT2D eigenvalue weighted by Gasteiger charge is -2.23. The molecule has 112 valence electrons. The normalized spacial score (nSPS) is 11.7. The van der Waals surface area contributed by atoms with Crippen LogP contribution in [-0.2, 0) is 5.41 Å². The van der Waals surface area contributed by atoms with Gasteiger partial charge >= 0.3 is 0 Å². The SMILES string of the molecule is Cc1cc(C)c(O)c(-c2cc(C)cc(C(C)(C)C)c2O)c1. The Morgan fingerprint density at radius 3 is 1.71 bits per heavy atom. The molecule has 2 aromatic carbocycles. The monoisotopic (exact) mass is 284 g/mol. The number of aryl methyl sites for hydroxylation is 3. The standard InChI is InChI=1S/C19H24O2/c1-11-7-13(3)17(20)14(8-11)15-9-12(2)10-16(18(15)21)19(4,5)6/h7-10,20-21H,1-6H3. The zero-order valence-corrected chi connectivity index (χ0v) is 13.7. The quantitative estimate of drug-likeness (QED) is 0.774. The summed E-state index contributed by atoms with van der Waals surface area (Å²) in [5.74, 6) is 0.495. The van der Waals surface area contributed by atoms with E-state index >= 15 is 0 Å². The van der Waals surface area contributed by atoms with E-state index in [2.05, 4.69) is 20.8 Å². The van der Waals surface area contributed by atoms with E-state index in [0.717, 1.165) is 22.3 Å². The Hall–Kier alpha value is -1.96. The summed E-state index contributed by atoms with van der Waals surface area (Å²) in [6.07, 6.45) is 0. The predicted octanol–water partition coefficient (Wildman–Crippen LogP) is 4.99. The van der Waals surface area contributed by atoms with Gasteiger partial charge in [0, 0.05) is 16.7 Å². The van der Waals surface area contributed by atoms with Gasteiger partial charge in [0.1, 0.15) is 11.5 Å². The number of hydrogen-bond donors (Lipinski definition) is 2. The summed E-state index contributed by atoms with van der Waals surface area (Å²) in [4.78, 5) is 0. The summed E-state index contributed by atoms with van der Waals surface area (Å²) in [7, 11) is 0. The number of aromatic hydroxyl groups is 2. The van der Waals surface area contributed by atoms with Crippen molar-refractivity contribution in [1.82, 2.24) is 0 Å². The van der Waals surface area contributed by atoms with E-state index in [1.807, 2.05) is 45.0 Å². The fraction of sp³-hybridized carbons (Fsp3) is 0.368. The highest BCUT2D eigenvalue weighted by Crippen LogP contribution is 2.43. The maximum absolute atomic E-state index is 10.7. The van der Waals surface area contributed by atoms with Crippen LogP contribution in [0.1, 0.15) is 43.0 Å². The van der Waals surface area contributed by atoms with E-state index in [0.29, 0.717) is 11.1 Å². The topological polar surface area (TPSA) is 40.5 Å². The molecular weight excluding hydrogens is 260 g/mol. The van der Waals surface area contributed by atoms with Gasteiger partial charge in [-0.3, -0.25) is 0 Å². The Kier molecular flexibility index (Phi) is 3.75. The van der Waals surface area contributed by atoms with E-state index in [9.17, 15) is 10.2 Å². The third-order valence-electron chi connectivity index (χ3n) is 3.80. The first kappa shape index (κ1) is 15.4. The number of benzene rings is 2. The first-order chi connectivity index (χ1) is 9.61.